The molecule has 0 atom stereocenters. The van der Waals surface area contributed by atoms with Crippen LogP contribution in [0.2, 0.25) is 10.0 Å². The molecule has 0 radical (unpaired) electrons. The van der Waals surface area contributed by atoms with E-state index in [0.717, 1.165) is 30.9 Å². The van der Waals surface area contributed by atoms with Crippen LogP contribution in [0.3, 0.4) is 0 Å². The molecule has 1 amide bonds. The van der Waals surface area contributed by atoms with Crippen LogP contribution in [-0.4, -0.2) is 49.0 Å². The Morgan fingerprint density at radius 1 is 1.04 bits per heavy atom. The first-order valence-corrected chi connectivity index (χ1v) is 8.92. The van der Waals surface area contributed by atoms with E-state index < -0.39 is 0 Å². The number of ether oxygens (including phenoxy) is 1. The highest BCUT2D eigenvalue weighted by molar-refractivity contribution is 6.31. The first-order valence-electron chi connectivity index (χ1n) is 8.16. The molecule has 0 unspecified atom stereocenters. The number of carbonyl (C=O) groups excluding carboxylic acids is 1. The smallest absolute Gasteiger partial charge is 0.253 e. The van der Waals surface area contributed by atoms with E-state index in [2.05, 4.69) is 4.90 Å². The van der Waals surface area contributed by atoms with Crippen molar-refractivity contribution in [2.24, 2.45) is 0 Å². The number of piperazine rings is 1. The normalized spacial score (nSPS) is 15.2. The molecule has 2 aromatic rings. The van der Waals surface area contributed by atoms with Crippen molar-refractivity contribution in [1.29, 1.82) is 0 Å². The van der Waals surface area contributed by atoms with Crippen molar-refractivity contribution >= 4 is 29.1 Å². The fourth-order valence-corrected chi connectivity index (χ4v) is 3.41. The van der Waals surface area contributed by atoms with Gasteiger partial charge in [0.05, 0.1) is 7.11 Å². The van der Waals surface area contributed by atoms with Crippen molar-refractivity contribution in [3.63, 3.8) is 0 Å². The lowest BCUT2D eigenvalue weighted by molar-refractivity contribution is 0.0627. The fourth-order valence-electron chi connectivity index (χ4n) is 3.02. The van der Waals surface area contributed by atoms with Gasteiger partial charge >= 0.3 is 0 Å². The van der Waals surface area contributed by atoms with Crippen molar-refractivity contribution in [3.05, 3.63) is 63.6 Å². The molecule has 2 aromatic carbocycles. The van der Waals surface area contributed by atoms with Gasteiger partial charge in [0.15, 0.2) is 0 Å². The fraction of sp³-hybridized carbons (Fsp3) is 0.316. The van der Waals surface area contributed by atoms with Gasteiger partial charge in [0.2, 0.25) is 0 Å². The second kappa shape index (κ2) is 8.09. The third kappa shape index (κ3) is 4.46. The number of rotatable bonds is 4. The Morgan fingerprint density at radius 2 is 1.76 bits per heavy atom. The minimum atomic E-state index is 0.0301. The Kier molecular flexibility index (Phi) is 5.84. The molecule has 4 nitrogen and oxygen atoms in total. The lowest BCUT2D eigenvalue weighted by Crippen LogP contribution is -2.48. The summed E-state index contributed by atoms with van der Waals surface area (Å²) < 4.78 is 5.41. The van der Waals surface area contributed by atoms with Crippen LogP contribution in [-0.2, 0) is 6.54 Å². The molecular formula is C19H20Cl2N2O2. The molecular weight excluding hydrogens is 359 g/mol. The molecule has 0 spiro atoms. The zero-order chi connectivity index (χ0) is 17.8. The highest BCUT2D eigenvalue weighted by Gasteiger charge is 2.23. The third-order valence-electron chi connectivity index (χ3n) is 4.37. The van der Waals surface area contributed by atoms with E-state index >= 15 is 0 Å². The first kappa shape index (κ1) is 18.1. The molecule has 0 saturated carbocycles. The molecule has 1 heterocycles. The van der Waals surface area contributed by atoms with Crippen molar-refractivity contribution in [3.8, 4) is 5.75 Å². The second-order valence-corrected chi connectivity index (χ2v) is 6.91. The maximum atomic E-state index is 12.6. The van der Waals surface area contributed by atoms with Crippen LogP contribution in [0, 0.1) is 0 Å². The van der Waals surface area contributed by atoms with Crippen molar-refractivity contribution in [2.75, 3.05) is 33.3 Å². The Bertz CT molecular complexity index is 759. The van der Waals surface area contributed by atoms with Gasteiger partial charge in [-0.05, 0) is 36.4 Å². The maximum Gasteiger partial charge on any atom is 0.253 e. The Balaban J connectivity index is 1.61. The Morgan fingerprint density at radius 3 is 2.44 bits per heavy atom. The SMILES string of the molecule is COc1ccc(Cl)cc1CN1CCN(C(=O)c2cccc(Cl)c2)CC1. The molecule has 0 aromatic heterocycles. The molecule has 25 heavy (non-hydrogen) atoms. The number of amides is 1. The van der Waals surface area contributed by atoms with Crippen LogP contribution in [0.1, 0.15) is 15.9 Å². The molecule has 132 valence electrons. The van der Waals surface area contributed by atoms with Gasteiger partial charge in [-0.15, -0.1) is 0 Å². The molecule has 1 aliphatic heterocycles. The zero-order valence-corrected chi connectivity index (χ0v) is 15.6. The number of carbonyl (C=O) groups is 1. The number of nitrogens with zero attached hydrogens (tertiary/aromatic N) is 2. The summed E-state index contributed by atoms with van der Waals surface area (Å²) >= 11 is 12.1. The quantitative estimate of drug-likeness (QED) is 0.806. The minimum Gasteiger partial charge on any atom is -0.496 e. The number of methoxy groups -OCH3 is 1. The highest BCUT2D eigenvalue weighted by Crippen LogP contribution is 2.24. The number of halogens is 2. The number of hydrogen-bond acceptors (Lipinski definition) is 3. The van der Waals surface area contributed by atoms with E-state index in [1.807, 2.05) is 23.1 Å². The predicted octanol–water partition coefficient (Wildman–Crippen LogP) is 3.96. The van der Waals surface area contributed by atoms with E-state index in [9.17, 15) is 4.79 Å². The number of hydrogen-bond donors (Lipinski definition) is 0. The largest absolute Gasteiger partial charge is 0.496 e. The predicted molar refractivity (Wildman–Crippen MR) is 101 cm³/mol. The van der Waals surface area contributed by atoms with Gasteiger partial charge in [0.1, 0.15) is 5.75 Å². The summed E-state index contributed by atoms with van der Waals surface area (Å²) in [5.74, 6) is 0.865. The standard InChI is InChI=1S/C19H20Cl2N2O2/c1-25-18-6-5-17(21)12-15(18)13-22-7-9-23(10-8-22)19(24)14-3-2-4-16(20)11-14/h2-6,11-12H,7-10,13H2,1H3. The summed E-state index contributed by atoms with van der Waals surface area (Å²) in [6.07, 6.45) is 0. The van der Waals surface area contributed by atoms with E-state index in [1.54, 1.807) is 31.4 Å². The van der Waals surface area contributed by atoms with E-state index in [-0.39, 0.29) is 5.91 Å². The van der Waals surface area contributed by atoms with Crippen LogP contribution in [0.15, 0.2) is 42.5 Å². The van der Waals surface area contributed by atoms with Crippen LogP contribution in [0.5, 0.6) is 5.75 Å². The van der Waals surface area contributed by atoms with E-state index in [1.165, 1.54) is 0 Å². The van der Waals surface area contributed by atoms with Crippen LogP contribution in [0.4, 0.5) is 0 Å². The van der Waals surface area contributed by atoms with Gasteiger partial charge in [-0.3, -0.25) is 9.69 Å². The molecule has 0 N–H and O–H groups in total. The summed E-state index contributed by atoms with van der Waals surface area (Å²) in [5, 5.41) is 1.28. The monoisotopic (exact) mass is 378 g/mol. The lowest BCUT2D eigenvalue weighted by atomic mass is 10.1. The third-order valence-corrected chi connectivity index (χ3v) is 4.84. The number of benzene rings is 2. The van der Waals surface area contributed by atoms with E-state index in [0.29, 0.717) is 28.7 Å². The van der Waals surface area contributed by atoms with Crippen LogP contribution in [0.25, 0.3) is 0 Å². The minimum absolute atomic E-state index is 0.0301. The molecule has 3 rings (SSSR count). The second-order valence-electron chi connectivity index (χ2n) is 6.03. The van der Waals surface area contributed by atoms with Crippen LogP contribution < -0.4 is 4.74 Å². The first-order chi connectivity index (χ1) is 12.1. The van der Waals surface area contributed by atoms with Gasteiger partial charge in [0, 0.05) is 53.9 Å². The van der Waals surface area contributed by atoms with Crippen molar-refractivity contribution in [1.82, 2.24) is 9.80 Å². The summed E-state index contributed by atoms with van der Waals surface area (Å²) in [7, 11) is 1.66. The van der Waals surface area contributed by atoms with Gasteiger partial charge in [0.25, 0.3) is 5.91 Å². The van der Waals surface area contributed by atoms with Crippen molar-refractivity contribution < 1.29 is 9.53 Å². The average Bonchev–Trinajstić information content (AvgIpc) is 2.62. The maximum absolute atomic E-state index is 12.6. The molecule has 1 fully saturated rings. The Labute approximate surface area is 157 Å². The summed E-state index contributed by atoms with van der Waals surface area (Å²) in [6.45, 7) is 3.75. The van der Waals surface area contributed by atoms with Crippen LogP contribution >= 0.6 is 23.2 Å². The van der Waals surface area contributed by atoms with Gasteiger partial charge in [-0.25, -0.2) is 0 Å². The zero-order valence-electron chi connectivity index (χ0n) is 14.0. The van der Waals surface area contributed by atoms with Gasteiger partial charge in [-0.2, -0.15) is 0 Å². The molecule has 6 heteroatoms. The van der Waals surface area contributed by atoms with E-state index in [4.69, 9.17) is 27.9 Å². The molecule has 0 aliphatic carbocycles. The summed E-state index contributed by atoms with van der Waals surface area (Å²) in [5.41, 5.74) is 1.70. The summed E-state index contributed by atoms with van der Waals surface area (Å²) in [6, 6.07) is 12.7. The Hall–Kier alpha value is -1.75. The highest BCUT2D eigenvalue weighted by atomic mass is 35.5. The molecule has 0 bridgehead atoms. The lowest BCUT2D eigenvalue weighted by Gasteiger charge is -2.35. The van der Waals surface area contributed by atoms with Crippen molar-refractivity contribution in [2.45, 2.75) is 6.54 Å². The van der Waals surface area contributed by atoms with Gasteiger partial charge < -0.3 is 9.64 Å². The molecule has 1 saturated heterocycles. The molecule has 1 aliphatic rings. The summed E-state index contributed by atoms with van der Waals surface area (Å²) in [4.78, 5) is 16.7. The van der Waals surface area contributed by atoms with Gasteiger partial charge in [-0.1, -0.05) is 29.3 Å². The average molecular weight is 379 g/mol. The topological polar surface area (TPSA) is 32.8 Å².